The molecule has 2 aromatic heterocycles. The van der Waals surface area contributed by atoms with E-state index in [4.69, 9.17) is 4.74 Å². The van der Waals surface area contributed by atoms with Crippen LogP contribution >= 0.6 is 12.4 Å². The summed E-state index contributed by atoms with van der Waals surface area (Å²) in [5, 5.41) is 3.26. The fraction of sp³-hybridized carbons (Fsp3) is 0.444. The highest BCUT2D eigenvalue weighted by atomic mass is 35.5. The van der Waals surface area contributed by atoms with Crippen molar-refractivity contribution in [3.8, 4) is 5.88 Å². The smallest absolute Gasteiger partial charge is 0.433 e. The largest absolute Gasteiger partial charge is 0.469 e. The molecule has 0 aliphatic carbocycles. The zero-order valence-corrected chi connectivity index (χ0v) is 15.9. The van der Waals surface area contributed by atoms with Crippen molar-refractivity contribution in [1.29, 1.82) is 0 Å². The van der Waals surface area contributed by atoms with Crippen molar-refractivity contribution in [3.63, 3.8) is 0 Å². The van der Waals surface area contributed by atoms with Crippen LogP contribution in [0.5, 0.6) is 5.88 Å². The van der Waals surface area contributed by atoms with Gasteiger partial charge in [0.05, 0.1) is 11.3 Å². The van der Waals surface area contributed by atoms with Crippen molar-refractivity contribution < 1.29 is 22.7 Å². The molecular weight excluding hydrogens is 397 g/mol. The van der Waals surface area contributed by atoms with E-state index in [1.807, 2.05) is 0 Å². The number of nitrogens with zero attached hydrogens (tertiary/aromatic N) is 3. The number of ketones is 1. The van der Waals surface area contributed by atoms with E-state index in [0.29, 0.717) is 17.1 Å². The Kier molecular flexibility index (Phi) is 7.31. The van der Waals surface area contributed by atoms with Crippen molar-refractivity contribution in [2.75, 3.05) is 19.7 Å². The standard InChI is InChI=1S/C18H19F3N4O2.ClH/c1-11-23-9-13(17(24-11)12-5-7-22-8-6-12)14(26)10-27-16-4-2-3-15(25-16)18(19,20)21;/h2-4,9,12,22H,5-8,10H2,1H3;1H. The molecule has 0 bridgehead atoms. The average Bonchev–Trinajstić information content (AvgIpc) is 2.66. The van der Waals surface area contributed by atoms with Crippen LogP contribution < -0.4 is 10.1 Å². The third kappa shape index (κ3) is 5.39. The summed E-state index contributed by atoms with van der Waals surface area (Å²) in [4.78, 5) is 24.5. The second-order valence-corrected chi connectivity index (χ2v) is 6.31. The topological polar surface area (TPSA) is 77.0 Å². The van der Waals surface area contributed by atoms with Crippen LogP contribution in [-0.4, -0.2) is 40.4 Å². The molecule has 1 aliphatic heterocycles. The minimum Gasteiger partial charge on any atom is -0.469 e. The molecule has 1 aliphatic rings. The number of Topliss-reactive ketones (excluding diaryl/α,β-unsaturated/α-hetero) is 1. The summed E-state index contributed by atoms with van der Waals surface area (Å²) in [5.41, 5.74) is -0.0457. The Morgan fingerprint density at radius 3 is 2.64 bits per heavy atom. The normalized spacial score (nSPS) is 15.0. The molecule has 6 nitrogen and oxygen atoms in total. The third-order valence-corrected chi connectivity index (χ3v) is 4.33. The lowest BCUT2D eigenvalue weighted by Gasteiger charge is -2.23. The zero-order valence-electron chi connectivity index (χ0n) is 15.1. The SMILES string of the molecule is Cc1ncc(C(=O)COc2cccc(C(F)(F)F)n2)c(C2CCNCC2)n1.Cl. The van der Waals surface area contributed by atoms with Crippen LogP contribution in [0.4, 0.5) is 13.2 Å². The van der Waals surface area contributed by atoms with Crippen LogP contribution in [0.1, 0.15) is 46.3 Å². The van der Waals surface area contributed by atoms with Crippen LogP contribution in [0.2, 0.25) is 0 Å². The first-order valence-corrected chi connectivity index (χ1v) is 8.59. The summed E-state index contributed by atoms with van der Waals surface area (Å²) in [5.74, 6) is 0.0662. The Hall–Kier alpha value is -2.26. The molecule has 0 radical (unpaired) electrons. The second kappa shape index (κ2) is 9.29. The summed E-state index contributed by atoms with van der Waals surface area (Å²) in [6, 6.07) is 3.31. The maximum absolute atomic E-state index is 12.7. The number of carbonyl (C=O) groups excluding carboxylic acids is 1. The lowest BCUT2D eigenvalue weighted by Crippen LogP contribution is -2.28. The van der Waals surface area contributed by atoms with E-state index in [9.17, 15) is 18.0 Å². The first-order chi connectivity index (χ1) is 12.8. The van der Waals surface area contributed by atoms with Crippen molar-refractivity contribution in [1.82, 2.24) is 20.3 Å². The zero-order chi connectivity index (χ0) is 19.4. The van der Waals surface area contributed by atoms with Gasteiger partial charge in [-0.1, -0.05) is 6.07 Å². The van der Waals surface area contributed by atoms with Crippen molar-refractivity contribution in [2.45, 2.75) is 31.9 Å². The highest BCUT2D eigenvalue weighted by Gasteiger charge is 2.32. The van der Waals surface area contributed by atoms with E-state index in [0.717, 1.165) is 32.0 Å². The van der Waals surface area contributed by atoms with E-state index in [1.165, 1.54) is 18.3 Å². The fourth-order valence-electron chi connectivity index (χ4n) is 2.98. The first kappa shape index (κ1) is 22.0. The lowest BCUT2D eigenvalue weighted by atomic mass is 9.90. The molecule has 0 aromatic carbocycles. The number of carbonyl (C=O) groups is 1. The van der Waals surface area contributed by atoms with Crippen LogP contribution in [0.15, 0.2) is 24.4 Å². The number of aromatic nitrogens is 3. The molecule has 2 aromatic rings. The van der Waals surface area contributed by atoms with Gasteiger partial charge in [-0.15, -0.1) is 12.4 Å². The van der Waals surface area contributed by atoms with Gasteiger partial charge in [-0.3, -0.25) is 4.79 Å². The number of halogens is 4. The molecule has 0 spiro atoms. The lowest BCUT2D eigenvalue weighted by molar-refractivity contribution is -0.141. The van der Waals surface area contributed by atoms with E-state index in [-0.39, 0.29) is 30.0 Å². The van der Waals surface area contributed by atoms with Gasteiger partial charge in [0.1, 0.15) is 11.5 Å². The van der Waals surface area contributed by atoms with Crippen LogP contribution in [0.25, 0.3) is 0 Å². The fourth-order valence-corrected chi connectivity index (χ4v) is 2.98. The Balaban J connectivity index is 0.00000280. The Morgan fingerprint density at radius 1 is 1.25 bits per heavy atom. The summed E-state index contributed by atoms with van der Waals surface area (Å²) in [6.07, 6.45) is -1.40. The predicted molar refractivity (Wildman–Crippen MR) is 97.9 cm³/mol. The van der Waals surface area contributed by atoms with Gasteiger partial charge in [-0.25, -0.2) is 15.0 Å². The number of ether oxygens (including phenoxy) is 1. The second-order valence-electron chi connectivity index (χ2n) is 6.31. The van der Waals surface area contributed by atoms with E-state index >= 15 is 0 Å². The van der Waals surface area contributed by atoms with Gasteiger partial charge in [0.15, 0.2) is 6.61 Å². The van der Waals surface area contributed by atoms with Gasteiger partial charge < -0.3 is 10.1 Å². The van der Waals surface area contributed by atoms with E-state index in [2.05, 4.69) is 20.3 Å². The van der Waals surface area contributed by atoms with Gasteiger partial charge in [0, 0.05) is 18.2 Å². The molecule has 1 saturated heterocycles. The molecule has 152 valence electrons. The monoisotopic (exact) mass is 416 g/mol. The molecular formula is C18H20ClF3N4O2. The van der Waals surface area contributed by atoms with Gasteiger partial charge in [0.25, 0.3) is 0 Å². The van der Waals surface area contributed by atoms with Crippen LogP contribution in [0, 0.1) is 6.92 Å². The van der Waals surface area contributed by atoms with Crippen LogP contribution in [0.3, 0.4) is 0 Å². The predicted octanol–water partition coefficient (Wildman–Crippen LogP) is 3.35. The van der Waals surface area contributed by atoms with Gasteiger partial charge in [-0.05, 0) is 38.9 Å². The Bertz CT molecular complexity index is 827. The summed E-state index contributed by atoms with van der Waals surface area (Å²) in [7, 11) is 0. The maximum Gasteiger partial charge on any atom is 0.433 e. The molecule has 1 fully saturated rings. The van der Waals surface area contributed by atoms with Crippen molar-refractivity contribution in [2.24, 2.45) is 0 Å². The summed E-state index contributed by atoms with van der Waals surface area (Å²) >= 11 is 0. The third-order valence-electron chi connectivity index (χ3n) is 4.33. The maximum atomic E-state index is 12.7. The molecule has 10 heteroatoms. The summed E-state index contributed by atoms with van der Waals surface area (Å²) < 4.78 is 43.4. The van der Waals surface area contributed by atoms with Crippen LogP contribution in [-0.2, 0) is 6.18 Å². The molecule has 3 rings (SSSR count). The number of hydrogen-bond acceptors (Lipinski definition) is 6. The van der Waals surface area contributed by atoms with Gasteiger partial charge >= 0.3 is 6.18 Å². The molecule has 3 heterocycles. The van der Waals surface area contributed by atoms with Crippen molar-refractivity contribution >= 4 is 18.2 Å². The van der Waals surface area contributed by atoms with E-state index < -0.39 is 18.5 Å². The minimum absolute atomic E-state index is 0. The number of rotatable bonds is 5. The number of nitrogens with one attached hydrogen (secondary N) is 1. The number of aryl methyl sites for hydroxylation is 1. The number of piperidine rings is 1. The van der Waals surface area contributed by atoms with Crippen molar-refractivity contribution in [3.05, 3.63) is 47.2 Å². The number of pyridine rings is 1. The number of hydrogen-bond donors (Lipinski definition) is 1. The highest BCUT2D eigenvalue weighted by molar-refractivity contribution is 5.98. The molecule has 28 heavy (non-hydrogen) atoms. The molecule has 0 atom stereocenters. The van der Waals surface area contributed by atoms with Gasteiger partial charge in [0.2, 0.25) is 11.7 Å². The first-order valence-electron chi connectivity index (χ1n) is 8.59. The molecule has 0 unspecified atom stereocenters. The van der Waals surface area contributed by atoms with Gasteiger partial charge in [-0.2, -0.15) is 13.2 Å². The van der Waals surface area contributed by atoms with E-state index in [1.54, 1.807) is 6.92 Å². The minimum atomic E-state index is -4.57. The Morgan fingerprint density at radius 2 is 1.96 bits per heavy atom. The highest BCUT2D eigenvalue weighted by Crippen LogP contribution is 2.29. The summed E-state index contributed by atoms with van der Waals surface area (Å²) in [6.45, 7) is 3.00. The number of alkyl halides is 3. The molecule has 0 saturated carbocycles. The molecule has 1 N–H and O–H groups in total. The molecule has 0 amide bonds. The Labute approximate surface area is 166 Å². The quantitative estimate of drug-likeness (QED) is 0.753. The average molecular weight is 417 g/mol.